The van der Waals surface area contributed by atoms with Crippen molar-refractivity contribution >= 4 is 21.6 Å². The van der Waals surface area contributed by atoms with Gasteiger partial charge in [0.05, 0.1) is 12.8 Å². The fourth-order valence-corrected chi connectivity index (χ4v) is 2.06. The number of rotatable bonds is 4. The maximum Gasteiger partial charge on any atom is 0.211 e. The fraction of sp³-hybridized carbons (Fsp3) is 0.273. The zero-order valence-electron chi connectivity index (χ0n) is 10.5. The molecule has 0 aliphatic carbocycles. The monoisotopic (exact) mass is 300 g/mol. The number of hydrogen-bond donors (Lipinski definition) is 0. The predicted octanol–water partition coefficient (Wildman–Crippen LogP) is 1.31. The normalized spacial score (nSPS) is 12.0. The maximum atomic E-state index is 11.4. The van der Waals surface area contributed by atoms with Crippen molar-refractivity contribution in [3.8, 4) is 5.69 Å². The van der Waals surface area contributed by atoms with Crippen molar-refractivity contribution in [3.63, 3.8) is 0 Å². The molecule has 8 heteroatoms. The molecule has 1 aromatic carbocycles. The van der Waals surface area contributed by atoms with Crippen molar-refractivity contribution in [2.24, 2.45) is 0 Å². The van der Waals surface area contributed by atoms with Gasteiger partial charge in [-0.1, -0.05) is 17.7 Å². The van der Waals surface area contributed by atoms with Crippen LogP contribution in [0.25, 0.3) is 5.69 Å². The number of benzene rings is 1. The Kier molecular flexibility index (Phi) is 3.88. The molecule has 0 spiro atoms. The first kappa shape index (κ1) is 14.0. The highest BCUT2D eigenvalue weighted by Gasteiger charge is 2.15. The molecule has 0 fully saturated rings. The molecule has 1 aromatic heterocycles. The smallest absolute Gasteiger partial charge is 0.211 e. The molecule has 0 saturated carbocycles. The summed E-state index contributed by atoms with van der Waals surface area (Å²) >= 11 is 5.93. The van der Waals surface area contributed by atoms with E-state index in [4.69, 9.17) is 11.6 Å². The molecule has 1 heterocycles. The lowest BCUT2D eigenvalue weighted by atomic mass is 10.3. The second kappa shape index (κ2) is 5.28. The molecule has 0 unspecified atom stereocenters. The van der Waals surface area contributed by atoms with Gasteiger partial charge in [0.25, 0.3) is 0 Å². The Labute approximate surface area is 116 Å². The topological polar surface area (TPSA) is 68.1 Å². The molecule has 0 bridgehead atoms. The summed E-state index contributed by atoms with van der Waals surface area (Å²) in [6.45, 7) is 0.144. The zero-order chi connectivity index (χ0) is 14.0. The predicted molar refractivity (Wildman–Crippen MR) is 72.7 cm³/mol. The van der Waals surface area contributed by atoms with E-state index < -0.39 is 10.0 Å². The molecule has 0 aliphatic heterocycles. The Morgan fingerprint density at radius 1 is 1.42 bits per heavy atom. The Bertz CT molecular complexity index is 684. The zero-order valence-corrected chi connectivity index (χ0v) is 12.1. The summed E-state index contributed by atoms with van der Waals surface area (Å²) in [4.78, 5) is 0. The summed E-state index contributed by atoms with van der Waals surface area (Å²) in [5.74, 6) is 0.523. The molecular weight excluding hydrogens is 288 g/mol. The lowest BCUT2D eigenvalue weighted by molar-refractivity contribution is 0.458. The van der Waals surface area contributed by atoms with Gasteiger partial charge < -0.3 is 0 Å². The van der Waals surface area contributed by atoms with E-state index in [-0.39, 0.29) is 6.54 Å². The van der Waals surface area contributed by atoms with Crippen LogP contribution in [0.5, 0.6) is 0 Å². The molecule has 0 atom stereocenters. The fourth-order valence-electron chi connectivity index (χ4n) is 1.52. The number of sulfonamides is 1. The van der Waals surface area contributed by atoms with Gasteiger partial charge in [0, 0.05) is 17.8 Å². The summed E-state index contributed by atoms with van der Waals surface area (Å²) in [7, 11) is -1.77. The van der Waals surface area contributed by atoms with Crippen molar-refractivity contribution in [2.45, 2.75) is 6.54 Å². The first-order valence-electron chi connectivity index (χ1n) is 5.44. The average Bonchev–Trinajstić information content (AvgIpc) is 2.76. The van der Waals surface area contributed by atoms with E-state index >= 15 is 0 Å². The minimum absolute atomic E-state index is 0.144. The van der Waals surface area contributed by atoms with E-state index in [1.165, 1.54) is 17.7 Å². The number of hydrogen-bond acceptors (Lipinski definition) is 4. The van der Waals surface area contributed by atoms with Crippen molar-refractivity contribution in [3.05, 3.63) is 41.4 Å². The maximum absolute atomic E-state index is 11.4. The van der Waals surface area contributed by atoms with Gasteiger partial charge in [0.15, 0.2) is 5.82 Å². The number of aromatic nitrogens is 3. The molecule has 102 valence electrons. The van der Waals surface area contributed by atoms with E-state index in [9.17, 15) is 8.42 Å². The molecule has 2 rings (SSSR count). The molecule has 19 heavy (non-hydrogen) atoms. The molecule has 0 N–H and O–H groups in total. The summed E-state index contributed by atoms with van der Waals surface area (Å²) in [6, 6.07) is 7.17. The van der Waals surface area contributed by atoms with E-state index in [0.29, 0.717) is 10.8 Å². The van der Waals surface area contributed by atoms with Crippen molar-refractivity contribution in [1.82, 2.24) is 19.1 Å². The van der Waals surface area contributed by atoms with Crippen LogP contribution in [0.2, 0.25) is 5.02 Å². The van der Waals surface area contributed by atoms with Gasteiger partial charge in [-0.15, -0.1) is 10.2 Å². The summed E-state index contributed by atoms with van der Waals surface area (Å²) in [5, 5.41) is 8.34. The highest BCUT2D eigenvalue weighted by molar-refractivity contribution is 7.88. The van der Waals surface area contributed by atoms with Gasteiger partial charge in [-0.25, -0.2) is 8.42 Å². The van der Waals surface area contributed by atoms with Crippen LogP contribution in [0, 0.1) is 0 Å². The first-order chi connectivity index (χ1) is 8.88. The lowest BCUT2D eigenvalue weighted by Crippen LogP contribution is -2.26. The third-order valence-corrected chi connectivity index (χ3v) is 4.13. The van der Waals surface area contributed by atoms with Crippen LogP contribution in [0.3, 0.4) is 0 Å². The van der Waals surface area contributed by atoms with Crippen molar-refractivity contribution in [2.75, 3.05) is 13.3 Å². The van der Waals surface area contributed by atoms with Crippen LogP contribution in [0.15, 0.2) is 30.6 Å². The minimum atomic E-state index is -3.26. The van der Waals surface area contributed by atoms with Gasteiger partial charge >= 0.3 is 0 Å². The van der Waals surface area contributed by atoms with Crippen LogP contribution in [0.1, 0.15) is 5.82 Å². The Balaban J connectivity index is 2.33. The molecular formula is C11H13ClN4O2S. The third-order valence-electron chi connectivity index (χ3n) is 2.63. The number of halogens is 1. The lowest BCUT2D eigenvalue weighted by Gasteiger charge is -2.14. The summed E-state index contributed by atoms with van der Waals surface area (Å²) < 4.78 is 25.7. The Hall–Kier alpha value is -1.44. The van der Waals surface area contributed by atoms with E-state index in [1.54, 1.807) is 16.7 Å². The molecule has 2 aromatic rings. The van der Waals surface area contributed by atoms with Crippen LogP contribution in [0.4, 0.5) is 0 Å². The third kappa shape index (κ3) is 3.31. The van der Waals surface area contributed by atoms with Gasteiger partial charge in [-0.2, -0.15) is 4.31 Å². The number of nitrogens with zero attached hydrogens (tertiary/aromatic N) is 4. The van der Waals surface area contributed by atoms with Crippen LogP contribution in [-0.4, -0.2) is 40.8 Å². The summed E-state index contributed by atoms with van der Waals surface area (Å²) in [5.41, 5.74) is 0.786. The van der Waals surface area contributed by atoms with Crippen LogP contribution >= 0.6 is 11.6 Å². The highest BCUT2D eigenvalue weighted by Crippen LogP contribution is 2.16. The Morgan fingerprint density at radius 3 is 2.79 bits per heavy atom. The van der Waals surface area contributed by atoms with Crippen molar-refractivity contribution in [1.29, 1.82) is 0 Å². The second-order valence-corrected chi connectivity index (χ2v) is 6.64. The Morgan fingerprint density at radius 2 is 2.16 bits per heavy atom. The molecule has 0 amide bonds. The van der Waals surface area contributed by atoms with Gasteiger partial charge in [-0.3, -0.25) is 4.57 Å². The van der Waals surface area contributed by atoms with Gasteiger partial charge in [0.1, 0.15) is 6.33 Å². The average molecular weight is 301 g/mol. The minimum Gasteiger partial charge on any atom is -0.284 e. The molecule has 6 nitrogen and oxygen atoms in total. The van der Waals surface area contributed by atoms with E-state index in [0.717, 1.165) is 11.9 Å². The largest absolute Gasteiger partial charge is 0.284 e. The summed E-state index contributed by atoms with van der Waals surface area (Å²) in [6.07, 6.45) is 2.67. The van der Waals surface area contributed by atoms with Gasteiger partial charge in [-0.05, 0) is 18.2 Å². The molecule has 0 radical (unpaired) electrons. The first-order valence-corrected chi connectivity index (χ1v) is 7.66. The van der Waals surface area contributed by atoms with E-state index in [1.807, 2.05) is 12.1 Å². The molecule has 0 aliphatic rings. The SMILES string of the molecule is CN(Cc1nncn1-c1cccc(Cl)c1)S(C)(=O)=O. The second-order valence-electron chi connectivity index (χ2n) is 4.12. The van der Waals surface area contributed by atoms with Crippen molar-refractivity contribution < 1.29 is 8.42 Å². The van der Waals surface area contributed by atoms with Crippen LogP contribution < -0.4 is 0 Å². The standard InChI is InChI=1S/C11H13ClN4O2S/c1-15(19(2,17)18)7-11-14-13-8-16(11)10-5-3-4-9(12)6-10/h3-6,8H,7H2,1-2H3. The van der Waals surface area contributed by atoms with Crippen LogP contribution in [-0.2, 0) is 16.6 Å². The van der Waals surface area contributed by atoms with Gasteiger partial charge in [0.2, 0.25) is 10.0 Å². The molecule has 0 saturated heterocycles. The highest BCUT2D eigenvalue weighted by atomic mass is 35.5. The quantitative estimate of drug-likeness (QED) is 0.854. The van der Waals surface area contributed by atoms with E-state index in [2.05, 4.69) is 10.2 Å².